The Balaban J connectivity index is 1.40. The Bertz CT molecular complexity index is 713. The van der Waals surface area contributed by atoms with Gasteiger partial charge in [-0.05, 0) is 43.1 Å². The predicted molar refractivity (Wildman–Crippen MR) is 118 cm³/mol. The van der Waals surface area contributed by atoms with Crippen LogP contribution in [0.15, 0.2) is 30.3 Å². The van der Waals surface area contributed by atoms with Crippen LogP contribution >= 0.6 is 0 Å². The molecule has 1 aromatic carbocycles. The van der Waals surface area contributed by atoms with Crippen LogP contribution in [0.4, 0.5) is 0 Å². The Kier molecular flexibility index (Phi) is 8.11. The molecule has 2 aliphatic heterocycles. The molecule has 0 bridgehead atoms. The van der Waals surface area contributed by atoms with Crippen molar-refractivity contribution in [3.8, 4) is 0 Å². The molecule has 0 spiro atoms. The van der Waals surface area contributed by atoms with E-state index in [4.69, 9.17) is 9.57 Å². The molecule has 4 atom stereocenters. The number of amides is 1. The zero-order valence-electron chi connectivity index (χ0n) is 18.4. The quantitative estimate of drug-likeness (QED) is 0.441. The third-order valence-corrected chi connectivity index (χ3v) is 7.12. The standard InChI is InChI=1S/C25H36N2O4/c28-24(23-20(16-26-25(23)29)14-18-8-2-1-3-9-18)21(15-19-10-4-5-11-19)17-27-31-22-12-6-7-13-30-22/h1-3,8-9,19-23,27H,4-7,10-17H2,(H,26,29). The van der Waals surface area contributed by atoms with Gasteiger partial charge in [0.2, 0.25) is 5.91 Å². The summed E-state index contributed by atoms with van der Waals surface area (Å²) >= 11 is 0. The summed E-state index contributed by atoms with van der Waals surface area (Å²) in [7, 11) is 0. The number of hydroxylamine groups is 1. The fourth-order valence-electron chi connectivity index (χ4n) is 5.39. The molecule has 6 nitrogen and oxygen atoms in total. The SMILES string of the molecule is O=C1NCC(Cc2ccccc2)C1C(=O)C(CNOC1CCCCO1)CC1CCCC1. The van der Waals surface area contributed by atoms with Crippen molar-refractivity contribution in [3.05, 3.63) is 35.9 Å². The number of rotatable bonds is 10. The van der Waals surface area contributed by atoms with E-state index in [1.165, 1.54) is 31.2 Å². The van der Waals surface area contributed by atoms with E-state index in [1.54, 1.807) is 0 Å². The van der Waals surface area contributed by atoms with E-state index in [0.29, 0.717) is 19.0 Å². The molecule has 3 fully saturated rings. The van der Waals surface area contributed by atoms with Gasteiger partial charge < -0.3 is 10.1 Å². The van der Waals surface area contributed by atoms with Crippen molar-refractivity contribution in [2.45, 2.75) is 64.1 Å². The summed E-state index contributed by atoms with van der Waals surface area (Å²) in [5, 5.41) is 2.95. The molecule has 1 aromatic rings. The van der Waals surface area contributed by atoms with Gasteiger partial charge in [-0.15, -0.1) is 0 Å². The number of carbonyl (C=O) groups is 2. The fourth-order valence-corrected chi connectivity index (χ4v) is 5.39. The number of carbonyl (C=O) groups excluding carboxylic acids is 2. The molecular weight excluding hydrogens is 392 g/mol. The van der Waals surface area contributed by atoms with Crippen molar-refractivity contribution in [1.82, 2.24) is 10.8 Å². The van der Waals surface area contributed by atoms with Gasteiger partial charge in [0.05, 0.1) is 0 Å². The van der Waals surface area contributed by atoms with Crippen LogP contribution < -0.4 is 10.8 Å². The van der Waals surface area contributed by atoms with Gasteiger partial charge in [0.1, 0.15) is 11.7 Å². The smallest absolute Gasteiger partial charge is 0.230 e. The minimum atomic E-state index is -0.570. The number of nitrogens with one attached hydrogen (secondary N) is 2. The first-order valence-corrected chi connectivity index (χ1v) is 12.1. The van der Waals surface area contributed by atoms with Gasteiger partial charge >= 0.3 is 0 Å². The average molecular weight is 429 g/mol. The minimum absolute atomic E-state index is 0.0103. The molecule has 4 rings (SSSR count). The van der Waals surface area contributed by atoms with Crippen LogP contribution in [0.2, 0.25) is 0 Å². The monoisotopic (exact) mass is 428 g/mol. The van der Waals surface area contributed by atoms with E-state index >= 15 is 0 Å². The molecule has 2 heterocycles. The van der Waals surface area contributed by atoms with Crippen molar-refractivity contribution in [2.24, 2.45) is 23.7 Å². The van der Waals surface area contributed by atoms with Crippen molar-refractivity contribution < 1.29 is 19.2 Å². The van der Waals surface area contributed by atoms with E-state index in [2.05, 4.69) is 22.9 Å². The van der Waals surface area contributed by atoms with Gasteiger partial charge in [-0.1, -0.05) is 56.0 Å². The van der Waals surface area contributed by atoms with Crippen LogP contribution in [-0.4, -0.2) is 37.7 Å². The third kappa shape index (κ3) is 6.15. The lowest BCUT2D eigenvalue weighted by Gasteiger charge is -2.26. The lowest BCUT2D eigenvalue weighted by Crippen LogP contribution is -2.40. The van der Waals surface area contributed by atoms with Gasteiger partial charge in [0, 0.05) is 32.0 Å². The van der Waals surface area contributed by atoms with Crippen molar-refractivity contribution in [2.75, 3.05) is 19.7 Å². The number of benzene rings is 1. The van der Waals surface area contributed by atoms with Gasteiger partial charge in [-0.25, -0.2) is 0 Å². The first-order valence-electron chi connectivity index (χ1n) is 12.1. The van der Waals surface area contributed by atoms with E-state index in [1.807, 2.05) is 18.2 Å². The summed E-state index contributed by atoms with van der Waals surface area (Å²) < 4.78 is 5.62. The summed E-state index contributed by atoms with van der Waals surface area (Å²) in [6, 6.07) is 10.1. The highest BCUT2D eigenvalue weighted by Crippen LogP contribution is 2.33. The van der Waals surface area contributed by atoms with Gasteiger partial charge in [0.15, 0.2) is 6.29 Å². The van der Waals surface area contributed by atoms with Crippen LogP contribution in [0, 0.1) is 23.7 Å². The van der Waals surface area contributed by atoms with Gasteiger partial charge in [-0.2, -0.15) is 5.48 Å². The van der Waals surface area contributed by atoms with Gasteiger partial charge in [-0.3, -0.25) is 14.4 Å². The molecule has 1 aliphatic carbocycles. The second-order valence-electron chi connectivity index (χ2n) is 9.42. The molecule has 3 aliphatic rings. The molecule has 2 saturated heterocycles. The largest absolute Gasteiger partial charge is 0.355 e. The van der Waals surface area contributed by atoms with Crippen LogP contribution in [0.1, 0.15) is 56.9 Å². The lowest BCUT2D eigenvalue weighted by atomic mass is 9.79. The van der Waals surface area contributed by atoms with Crippen molar-refractivity contribution >= 4 is 11.7 Å². The summed E-state index contributed by atoms with van der Waals surface area (Å²) in [6.45, 7) is 1.73. The summed E-state index contributed by atoms with van der Waals surface area (Å²) in [5.41, 5.74) is 4.21. The topological polar surface area (TPSA) is 76.7 Å². The maximum atomic E-state index is 13.6. The molecule has 6 heteroatoms. The molecule has 1 saturated carbocycles. The highest BCUT2D eigenvalue weighted by Gasteiger charge is 2.43. The lowest BCUT2D eigenvalue weighted by molar-refractivity contribution is -0.198. The Hall–Kier alpha value is -1.76. The molecule has 0 aromatic heterocycles. The Labute approximate surface area is 185 Å². The maximum Gasteiger partial charge on any atom is 0.230 e. The fraction of sp³-hybridized carbons (Fsp3) is 0.680. The van der Waals surface area contributed by atoms with E-state index < -0.39 is 5.92 Å². The van der Waals surface area contributed by atoms with Crippen molar-refractivity contribution in [3.63, 3.8) is 0 Å². The third-order valence-electron chi connectivity index (χ3n) is 7.12. The van der Waals surface area contributed by atoms with E-state index in [9.17, 15) is 9.59 Å². The first kappa shape index (κ1) is 22.4. The molecule has 170 valence electrons. The molecule has 4 unspecified atom stereocenters. The second-order valence-corrected chi connectivity index (χ2v) is 9.42. The second kappa shape index (κ2) is 11.2. The minimum Gasteiger partial charge on any atom is -0.355 e. The highest BCUT2D eigenvalue weighted by atomic mass is 16.8. The van der Waals surface area contributed by atoms with Crippen LogP contribution in [-0.2, 0) is 25.6 Å². The highest BCUT2D eigenvalue weighted by molar-refractivity contribution is 6.04. The van der Waals surface area contributed by atoms with E-state index in [-0.39, 0.29) is 29.8 Å². The summed E-state index contributed by atoms with van der Waals surface area (Å²) in [6.07, 6.45) is 9.23. The molecule has 0 radical (unpaired) electrons. The predicted octanol–water partition coefficient (Wildman–Crippen LogP) is 3.40. The number of ether oxygens (including phenoxy) is 1. The zero-order valence-corrected chi connectivity index (χ0v) is 18.4. The molecule has 2 N–H and O–H groups in total. The van der Waals surface area contributed by atoms with Crippen LogP contribution in [0.5, 0.6) is 0 Å². The Morgan fingerprint density at radius 3 is 2.65 bits per heavy atom. The number of hydrogen-bond acceptors (Lipinski definition) is 5. The number of Topliss-reactive ketones (excluding diaryl/α,β-unsaturated/α-hetero) is 1. The Morgan fingerprint density at radius 1 is 1.13 bits per heavy atom. The summed E-state index contributed by atoms with van der Waals surface area (Å²) in [5.74, 6) is -0.240. The van der Waals surface area contributed by atoms with Crippen molar-refractivity contribution in [1.29, 1.82) is 0 Å². The maximum absolute atomic E-state index is 13.6. The Morgan fingerprint density at radius 2 is 1.90 bits per heavy atom. The number of hydrogen-bond donors (Lipinski definition) is 2. The molecule has 1 amide bonds. The number of ketones is 1. The van der Waals surface area contributed by atoms with Crippen LogP contribution in [0.25, 0.3) is 0 Å². The van der Waals surface area contributed by atoms with Crippen LogP contribution in [0.3, 0.4) is 0 Å². The average Bonchev–Trinajstić information content (AvgIpc) is 3.44. The molecule has 31 heavy (non-hydrogen) atoms. The normalized spacial score (nSPS) is 27.9. The summed E-state index contributed by atoms with van der Waals surface area (Å²) in [4.78, 5) is 32.0. The first-order chi connectivity index (χ1) is 15.2. The zero-order chi connectivity index (χ0) is 21.5. The molecular formula is C25H36N2O4. The van der Waals surface area contributed by atoms with E-state index in [0.717, 1.165) is 38.7 Å². The van der Waals surface area contributed by atoms with Gasteiger partial charge in [0.25, 0.3) is 0 Å².